The van der Waals surface area contributed by atoms with E-state index in [1.165, 1.54) is 0 Å². The molecule has 12 nitrogen and oxygen atoms in total. The number of nitrogens with one attached hydrogen (secondary N) is 2. The fourth-order valence-corrected chi connectivity index (χ4v) is 3.30. The van der Waals surface area contributed by atoms with Crippen LogP contribution in [0.25, 0.3) is 10.8 Å². The molecule has 0 aromatic heterocycles. The summed E-state index contributed by atoms with van der Waals surface area (Å²) in [7, 11) is 1.67. The lowest BCUT2D eigenvalue weighted by molar-refractivity contribution is -0.140. The second-order valence-corrected chi connectivity index (χ2v) is 11.3. The molecular weight excluding hydrogens is 556 g/mol. The summed E-state index contributed by atoms with van der Waals surface area (Å²) >= 11 is 0. The Kier molecular flexibility index (Phi) is 21.1. The second-order valence-electron chi connectivity index (χ2n) is 11.3. The summed E-state index contributed by atoms with van der Waals surface area (Å²) in [5.74, 6) is -2.66. The summed E-state index contributed by atoms with van der Waals surface area (Å²) in [6, 6.07) is 11.4. The van der Waals surface area contributed by atoms with Crippen molar-refractivity contribution in [2.24, 2.45) is 29.2 Å². The Morgan fingerprint density at radius 2 is 1.21 bits per heavy atom. The van der Waals surface area contributed by atoms with Crippen molar-refractivity contribution in [3.8, 4) is 0 Å². The van der Waals surface area contributed by atoms with Crippen LogP contribution in [-0.2, 0) is 19.2 Å². The van der Waals surface area contributed by atoms with Gasteiger partial charge in [0, 0.05) is 5.69 Å². The molecule has 12 heteroatoms. The fraction of sp³-hybridized carbons (Fsp3) is 0.548. The lowest BCUT2D eigenvalue weighted by atomic mass is 10.0. The molecule has 10 N–H and O–H groups in total. The molecule has 0 aliphatic carbocycles. The van der Waals surface area contributed by atoms with E-state index in [9.17, 15) is 19.2 Å². The highest BCUT2D eigenvalue weighted by Crippen LogP contribution is 2.19. The van der Waals surface area contributed by atoms with Gasteiger partial charge >= 0.3 is 23.9 Å². The van der Waals surface area contributed by atoms with Crippen LogP contribution in [0.1, 0.15) is 61.3 Å². The summed E-state index contributed by atoms with van der Waals surface area (Å²) in [5, 5.41) is 41.8. The van der Waals surface area contributed by atoms with Crippen molar-refractivity contribution >= 4 is 40.3 Å². The first-order valence-electron chi connectivity index (χ1n) is 14.2. The van der Waals surface area contributed by atoms with Crippen LogP contribution in [0.15, 0.2) is 42.5 Å². The Hall–Kier alpha value is -3.74. The number of anilines is 1. The van der Waals surface area contributed by atoms with E-state index in [1.807, 2.05) is 70.2 Å². The minimum Gasteiger partial charge on any atom is -0.480 e. The molecule has 0 bridgehead atoms. The zero-order chi connectivity index (χ0) is 33.9. The van der Waals surface area contributed by atoms with Gasteiger partial charge in [-0.1, -0.05) is 71.9 Å². The molecule has 0 saturated carbocycles. The van der Waals surface area contributed by atoms with Gasteiger partial charge in [0.25, 0.3) is 0 Å². The van der Waals surface area contributed by atoms with Crippen molar-refractivity contribution in [3.63, 3.8) is 0 Å². The van der Waals surface area contributed by atoms with E-state index in [0.29, 0.717) is 24.7 Å². The van der Waals surface area contributed by atoms with E-state index in [-0.39, 0.29) is 12.0 Å². The maximum atomic E-state index is 10.7. The highest BCUT2D eigenvalue weighted by molar-refractivity contribution is 5.86. The molecule has 4 atom stereocenters. The molecule has 0 aliphatic heterocycles. The van der Waals surface area contributed by atoms with Crippen molar-refractivity contribution in [2.75, 3.05) is 12.4 Å². The van der Waals surface area contributed by atoms with Crippen LogP contribution in [0.4, 0.5) is 5.69 Å². The molecule has 244 valence electrons. The van der Waals surface area contributed by atoms with Crippen LogP contribution in [0.2, 0.25) is 0 Å². The zero-order valence-corrected chi connectivity index (χ0v) is 26.6. The minimum absolute atomic E-state index is 0.0208. The Balaban J connectivity index is 0. The SMILES string of the molecule is CC(C)C(N)C(=O)O.CC(C)CC(N)C(=O)O.CC(Nc1ccc2ccccc2c1)C(=O)O.CNC(CC(C)C)C(=O)O. The van der Waals surface area contributed by atoms with Gasteiger partial charge in [0.1, 0.15) is 24.2 Å². The number of carboxylic acid groups (broad SMARTS) is 4. The van der Waals surface area contributed by atoms with Crippen molar-refractivity contribution < 1.29 is 39.6 Å². The fourth-order valence-electron chi connectivity index (χ4n) is 3.30. The lowest BCUT2D eigenvalue weighted by Crippen LogP contribution is -2.34. The van der Waals surface area contributed by atoms with Crippen LogP contribution in [0.5, 0.6) is 0 Å². The van der Waals surface area contributed by atoms with Gasteiger partial charge in [0.15, 0.2) is 0 Å². The standard InChI is InChI=1S/C13H13NO2.C7H15NO2.C6H13NO2.C5H11NO2/c1-9(13(15)16)14-12-7-6-10-4-2-3-5-11(10)8-12;1-5(2)4-6(8-3)7(9)10;1-4(2)3-5(7)6(8)9;1-3(2)4(6)5(7)8/h2-9,14H,1H3,(H,15,16);5-6,8H,4H2,1-3H3,(H,9,10);4-5H,3,7H2,1-2H3,(H,8,9);3-4H,6H2,1-2H3,(H,7,8). The van der Waals surface area contributed by atoms with Crippen LogP contribution in [-0.4, -0.2) is 75.5 Å². The van der Waals surface area contributed by atoms with Gasteiger partial charge in [-0.2, -0.15) is 0 Å². The third-order valence-corrected chi connectivity index (χ3v) is 5.90. The van der Waals surface area contributed by atoms with Gasteiger partial charge in [-0.3, -0.25) is 19.2 Å². The van der Waals surface area contributed by atoms with E-state index >= 15 is 0 Å². The van der Waals surface area contributed by atoms with Gasteiger partial charge < -0.3 is 42.5 Å². The number of benzene rings is 2. The average molecular weight is 609 g/mol. The third kappa shape index (κ3) is 19.9. The number of fused-ring (bicyclic) bond motifs is 1. The number of hydrogen-bond donors (Lipinski definition) is 8. The van der Waals surface area contributed by atoms with Gasteiger partial charge in [-0.15, -0.1) is 0 Å². The van der Waals surface area contributed by atoms with Gasteiger partial charge in [0.05, 0.1) is 0 Å². The molecule has 0 saturated heterocycles. The molecule has 2 aromatic carbocycles. The quantitative estimate of drug-likeness (QED) is 0.171. The van der Waals surface area contributed by atoms with Crippen molar-refractivity contribution in [1.82, 2.24) is 5.32 Å². The maximum absolute atomic E-state index is 10.7. The number of likely N-dealkylation sites (N-methyl/N-ethyl adjacent to an activating group) is 1. The smallest absolute Gasteiger partial charge is 0.325 e. The van der Waals surface area contributed by atoms with E-state index in [2.05, 4.69) is 10.6 Å². The molecule has 0 heterocycles. The van der Waals surface area contributed by atoms with Crippen LogP contribution in [0, 0.1) is 17.8 Å². The number of carbonyl (C=O) groups is 4. The largest absolute Gasteiger partial charge is 0.480 e. The second kappa shape index (κ2) is 21.9. The van der Waals surface area contributed by atoms with Gasteiger partial charge in [0.2, 0.25) is 0 Å². The number of nitrogens with two attached hydrogens (primary N) is 2. The van der Waals surface area contributed by atoms with Gasteiger partial charge in [-0.05, 0) is 67.5 Å². The first-order valence-corrected chi connectivity index (χ1v) is 14.2. The molecule has 0 aliphatic rings. The highest BCUT2D eigenvalue weighted by atomic mass is 16.4. The summed E-state index contributed by atoms with van der Waals surface area (Å²) in [6.07, 6.45) is 1.24. The molecule has 2 rings (SSSR count). The first-order chi connectivity index (χ1) is 19.8. The Bertz CT molecular complexity index is 1120. The summed E-state index contributed by atoms with van der Waals surface area (Å²) in [4.78, 5) is 41.2. The number of carboxylic acids is 4. The van der Waals surface area contributed by atoms with Crippen LogP contribution < -0.4 is 22.1 Å². The molecule has 0 radical (unpaired) electrons. The molecule has 0 spiro atoms. The Morgan fingerprint density at radius 3 is 1.51 bits per heavy atom. The zero-order valence-electron chi connectivity index (χ0n) is 26.6. The van der Waals surface area contributed by atoms with Gasteiger partial charge in [-0.25, -0.2) is 0 Å². The summed E-state index contributed by atoms with van der Waals surface area (Å²) in [5.41, 5.74) is 11.2. The summed E-state index contributed by atoms with van der Waals surface area (Å²) in [6.45, 7) is 13.1. The third-order valence-electron chi connectivity index (χ3n) is 5.90. The first kappa shape index (κ1) is 41.4. The van der Waals surface area contributed by atoms with Crippen LogP contribution >= 0.6 is 0 Å². The lowest BCUT2D eigenvalue weighted by Gasteiger charge is -2.12. The van der Waals surface area contributed by atoms with E-state index in [0.717, 1.165) is 16.5 Å². The van der Waals surface area contributed by atoms with E-state index in [1.54, 1.807) is 27.8 Å². The summed E-state index contributed by atoms with van der Waals surface area (Å²) < 4.78 is 0. The maximum Gasteiger partial charge on any atom is 0.325 e. The average Bonchev–Trinajstić information content (AvgIpc) is 2.91. The molecule has 43 heavy (non-hydrogen) atoms. The molecule has 2 aromatic rings. The Morgan fingerprint density at radius 1 is 0.698 bits per heavy atom. The minimum atomic E-state index is -0.931. The topological polar surface area (TPSA) is 225 Å². The van der Waals surface area contributed by atoms with Crippen molar-refractivity contribution in [2.45, 2.75) is 85.5 Å². The number of hydrogen-bond acceptors (Lipinski definition) is 8. The van der Waals surface area contributed by atoms with Crippen molar-refractivity contribution in [1.29, 1.82) is 0 Å². The number of rotatable bonds is 12. The highest BCUT2D eigenvalue weighted by Gasteiger charge is 2.16. The molecule has 4 unspecified atom stereocenters. The normalized spacial score (nSPS) is 13.2. The predicted octanol–water partition coefficient (Wildman–Crippen LogP) is 3.93. The van der Waals surface area contributed by atoms with E-state index < -0.39 is 42.0 Å². The van der Waals surface area contributed by atoms with E-state index in [4.69, 9.17) is 31.9 Å². The van der Waals surface area contributed by atoms with Crippen LogP contribution in [0.3, 0.4) is 0 Å². The monoisotopic (exact) mass is 608 g/mol. The number of aliphatic carboxylic acids is 4. The molecular formula is C31H52N4O8. The Labute approximate surface area is 254 Å². The predicted molar refractivity (Wildman–Crippen MR) is 170 cm³/mol. The molecule has 0 fully saturated rings. The van der Waals surface area contributed by atoms with Crippen molar-refractivity contribution in [3.05, 3.63) is 42.5 Å². The molecule has 0 amide bonds.